The topological polar surface area (TPSA) is 121 Å². The van der Waals surface area contributed by atoms with Crippen LogP contribution in [-0.4, -0.2) is 78.5 Å². The van der Waals surface area contributed by atoms with Gasteiger partial charge in [-0.3, -0.25) is 14.7 Å². The zero-order valence-electron chi connectivity index (χ0n) is 17.6. The second-order valence-electron chi connectivity index (χ2n) is 6.82. The van der Waals surface area contributed by atoms with Gasteiger partial charge in [-0.2, -0.15) is 0 Å². The van der Waals surface area contributed by atoms with Crippen molar-refractivity contribution in [3.63, 3.8) is 0 Å². The molecule has 170 valence electrons. The van der Waals surface area contributed by atoms with Crippen molar-refractivity contribution < 1.29 is 29.3 Å². The Bertz CT molecular complexity index is 1050. The minimum atomic E-state index is -0.414. The Labute approximate surface area is 189 Å². The first-order chi connectivity index (χ1) is 15.5. The number of aliphatic hydroxyl groups is 2. The van der Waals surface area contributed by atoms with Crippen LogP contribution in [0.3, 0.4) is 0 Å². The van der Waals surface area contributed by atoms with Gasteiger partial charge in [0.2, 0.25) is 0 Å². The first kappa shape index (κ1) is 23.6. The molecule has 10 heteroatoms. The molecule has 0 atom stereocenters. The van der Waals surface area contributed by atoms with Crippen molar-refractivity contribution in [3.8, 4) is 11.5 Å². The number of nitrogens with zero attached hydrogens (tertiary/aromatic N) is 2. The zero-order chi connectivity index (χ0) is 22.9. The van der Waals surface area contributed by atoms with E-state index in [1.54, 1.807) is 42.7 Å². The van der Waals surface area contributed by atoms with E-state index in [1.165, 1.54) is 18.4 Å². The van der Waals surface area contributed by atoms with Crippen molar-refractivity contribution in [3.05, 3.63) is 53.2 Å². The molecule has 0 aliphatic carbocycles. The lowest BCUT2D eigenvalue weighted by atomic mass is 10.2. The number of hydrogen-bond donors (Lipinski definition) is 3. The minimum absolute atomic E-state index is 0.00592. The molecule has 0 aliphatic heterocycles. The molecule has 1 aromatic carbocycles. The van der Waals surface area contributed by atoms with Crippen molar-refractivity contribution in [1.29, 1.82) is 0 Å². The van der Waals surface area contributed by atoms with Crippen LogP contribution in [-0.2, 0) is 4.74 Å². The van der Waals surface area contributed by atoms with E-state index in [0.717, 1.165) is 10.1 Å². The molecule has 3 N–H and O–H groups in total. The van der Waals surface area contributed by atoms with Crippen LogP contribution in [0.1, 0.15) is 20.0 Å². The van der Waals surface area contributed by atoms with Crippen LogP contribution in [0.5, 0.6) is 11.5 Å². The van der Waals surface area contributed by atoms with Crippen LogP contribution in [0.4, 0.5) is 0 Å². The van der Waals surface area contributed by atoms with E-state index in [9.17, 15) is 9.59 Å². The van der Waals surface area contributed by atoms with Gasteiger partial charge in [-0.15, -0.1) is 11.3 Å². The van der Waals surface area contributed by atoms with E-state index in [2.05, 4.69) is 10.3 Å². The van der Waals surface area contributed by atoms with Crippen molar-refractivity contribution in [2.75, 3.05) is 46.5 Å². The summed E-state index contributed by atoms with van der Waals surface area (Å²) in [6.07, 6.45) is 3.23. The number of pyridine rings is 1. The number of thiophene rings is 1. The van der Waals surface area contributed by atoms with E-state index < -0.39 is 5.97 Å². The second kappa shape index (κ2) is 11.5. The number of aromatic nitrogens is 1. The average molecular weight is 460 g/mol. The second-order valence-corrected chi connectivity index (χ2v) is 7.91. The fourth-order valence-corrected chi connectivity index (χ4v) is 4.03. The minimum Gasteiger partial charge on any atom is -0.465 e. The molecule has 3 aromatic rings. The SMILES string of the molecule is COC(=O)c1cc2c(Oc3ccc(C(=O)NCCN(CCO)CCO)cc3)cncc2s1. The van der Waals surface area contributed by atoms with Gasteiger partial charge in [0, 0.05) is 43.3 Å². The Hall–Kier alpha value is -3.05. The maximum Gasteiger partial charge on any atom is 0.348 e. The molecule has 2 heterocycles. The van der Waals surface area contributed by atoms with Gasteiger partial charge in [-0.25, -0.2) is 4.79 Å². The summed E-state index contributed by atoms with van der Waals surface area (Å²) < 4.78 is 11.5. The summed E-state index contributed by atoms with van der Waals surface area (Å²) in [5, 5.41) is 21.6. The van der Waals surface area contributed by atoms with Crippen molar-refractivity contribution >= 4 is 33.3 Å². The number of hydrogen-bond acceptors (Lipinski definition) is 9. The van der Waals surface area contributed by atoms with Crippen LogP contribution < -0.4 is 10.1 Å². The number of carbonyl (C=O) groups excluding carboxylic acids is 2. The van der Waals surface area contributed by atoms with Gasteiger partial charge in [0.05, 0.1) is 31.2 Å². The average Bonchev–Trinajstić information content (AvgIpc) is 3.25. The molecule has 0 unspecified atom stereocenters. The van der Waals surface area contributed by atoms with E-state index in [0.29, 0.717) is 48.1 Å². The third-order valence-electron chi connectivity index (χ3n) is 4.69. The molecule has 32 heavy (non-hydrogen) atoms. The van der Waals surface area contributed by atoms with Crippen LogP contribution in [0.15, 0.2) is 42.7 Å². The number of nitrogens with one attached hydrogen (secondary N) is 1. The molecule has 1 amide bonds. The molecular formula is C22H25N3O6S. The Morgan fingerprint density at radius 3 is 2.47 bits per heavy atom. The first-order valence-electron chi connectivity index (χ1n) is 10.0. The Kier molecular flexibility index (Phi) is 8.51. The third kappa shape index (κ3) is 6.01. The normalized spacial score (nSPS) is 11.0. The van der Waals surface area contributed by atoms with Gasteiger partial charge in [-0.1, -0.05) is 0 Å². The number of benzene rings is 1. The fourth-order valence-electron chi connectivity index (χ4n) is 3.07. The highest BCUT2D eigenvalue weighted by Gasteiger charge is 2.14. The number of rotatable bonds is 11. The molecule has 0 spiro atoms. The Morgan fingerprint density at radius 2 is 1.81 bits per heavy atom. The van der Waals surface area contributed by atoms with Crippen molar-refractivity contribution in [2.24, 2.45) is 0 Å². The number of aliphatic hydroxyl groups excluding tert-OH is 2. The number of fused-ring (bicyclic) bond motifs is 1. The van der Waals surface area contributed by atoms with Crippen LogP contribution in [0, 0.1) is 0 Å². The maximum absolute atomic E-state index is 12.4. The third-order valence-corrected chi connectivity index (χ3v) is 5.74. The summed E-state index contributed by atoms with van der Waals surface area (Å²) in [7, 11) is 1.33. The first-order valence-corrected chi connectivity index (χ1v) is 10.8. The highest BCUT2D eigenvalue weighted by atomic mass is 32.1. The van der Waals surface area contributed by atoms with E-state index in [1.807, 2.05) is 4.90 Å². The molecule has 3 rings (SSSR count). The van der Waals surface area contributed by atoms with E-state index >= 15 is 0 Å². The summed E-state index contributed by atoms with van der Waals surface area (Å²) in [4.78, 5) is 30.6. The standard InChI is InChI=1S/C22H25N3O6S/c1-30-22(29)19-12-17-18(13-23-14-20(17)32-19)31-16-4-2-15(3-5-16)21(28)24-6-7-25(8-10-26)9-11-27/h2-5,12-14,26-27H,6-11H2,1H3,(H,24,28). The van der Waals surface area contributed by atoms with Crippen LogP contribution >= 0.6 is 11.3 Å². The molecule has 2 aromatic heterocycles. The molecule has 0 saturated carbocycles. The van der Waals surface area contributed by atoms with Gasteiger partial charge >= 0.3 is 5.97 Å². The highest BCUT2D eigenvalue weighted by Crippen LogP contribution is 2.34. The molecule has 0 saturated heterocycles. The molecule has 0 fully saturated rings. The molecule has 0 bridgehead atoms. The monoisotopic (exact) mass is 459 g/mol. The van der Waals surface area contributed by atoms with Gasteiger partial charge in [-0.05, 0) is 30.3 Å². The van der Waals surface area contributed by atoms with E-state index in [-0.39, 0.29) is 19.1 Å². The summed E-state index contributed by atoms with van der Waals surface area (Å²) in [5.41, 5.74) is 0.480. The van der Waals surface area contributed by atoms with Crippen molar-refractivity contribution in [1.82, 2.24) is 15.2 Å². The highest BCUT2D eigenvalue weighted by molar-refractivity contribution is 7.20. The van der Waals surface area contributed by atoms with Crippen LogP contribution in [0.2, 0.25) is 0 Å². The lowest BCUT2D eigenvalue weighted by Crippen LogP contribution is -2.37. The zero-order valence-corrected chi connectivity index (χ0v) is 18.4. The Balaban J connectivity index is 1.62. The summed E-state index contributed by atoms with van der Waals surface area (Å²) in [5.74, 6) is 0.384. The largest absolute Gasteiger partial charge is 0.465 e. The predicted octanol–water partition coefficient (Wildman–Crippen LogP) is 1.89. The van der Waals surface area contributed by atoms with Gasteiger partial charge < -0.3 is 25.0 Å². The number of methoxy groups -OCH3 is 1. The summed E-state index contributed by atoms with van der Waals surface area (Å²) in [6.45, 7) is 1.79. The number of ether oxygens (including phenoxy) is 2. The van der Waals surface area contributed by atoms with Crippen LogP contribution in [0.25, 0.3) is 10.1 Å². The lowest BCUT2D eigenvalue weighted by molar-refractivity contribution is 0.0606. The van der Waals surface area contributed by atoms with Gasteiger partial charge in [0.15, 0.2) is 5.75 Å². The Morgan fingerprint density at radius 1 is 1.09 bits per heavy atom. The number of esters is 1. The van der Waals surface area contributed by atoms with Gasteiger partial charge in [0.1, 0.15) is 10.6 Å². The predicted molar refractivity (Wildman–Crippen MR) is 120 cm³/mol. The molecular weight excluding hydrogens is 434 g/mol. The molecule has 9 nitrogen and oxygen atoms in total. The van der Waals surface area contributed by atoms with Crippen molar-refractivity contribution in [2.45, 2.75) is 0 Å². The van der Waals surface area contributed by atoms with Gasteiger partial charge in [0.25, 0.3) is 5.91 Å². The van der Waals surface area contributed by atoms with E-state index in [4.69, 9.17) is 19.7 Å². The molecule has 0 radical (unpaired) electrons. The number of amides is 1. The fraction of sp³-hybridized carbons (Fsp3) is 0.318. The summed E-state index contributed by atoms with van der Waals surface area (Å²) >= 11 is 1.28. The molecule has 0 aliphatic rings. The lowest BCUT2D eigenvalue weighted by Gasteiger charge is -2.20. The smallest absolute Gasteiger partial charge is 0.348 e. The summed E-state index contributed by atoms with van der Waals surface area (Å²) in [6, 6.07) is 8.40. The maximum atomic E-state index is 12.4. The quantitative estimate of drug-likeness (QED) is 0.372. The number of carbonyl (C=O) groups is 2.